The highest BCUT2D eigenvalue weighted by Gasteiger charge is 2.43. The first-order valence-corrected chi connectivity index (χ1v) is 20.1. The summed E-state index contributed by atoms with van der Waals surface area (Å²) < 4.78 is 78.6. The summed E-state index contributed by atoms with van der Waals surface area (Å²) in [5.41, 5.74) is -1.33. The molecule has 0 fully saturated rings. The first-order valence-electron chi connectivity index (χ1n) is 17.2. The second-order valence-electron chi connectivity index (χ2n) is 12.4. The van der Waals surface area contributed by atoms with Crippen molar-refractivity contribution in [1.82, 2.24) is 9.80 Å². The van der Waals surface area contributed by atoms with Gasteiger partial charge < -0.3 is 48.4 Å². The lowest BCUT2D eigenvalue weighted by molar-refractivity contribution is -0.152. The fourth-order valence-electron chi connectivity index (χ4n) is 4.73. The first kappa shape index (κ1) is 47.5. The number of phosphoric ester groups is 2. The molecule has 0 spiro atoms. The highest BCUT2D eigenvalue weighted by atomic mass is 31.2. The van der Waals surface area contributed by atoms with Crippen molar-refractivity contribution < 1.29 is 84.0 Å². The van der Waals surface area contributed by atoms with Crippen LogP contribution in [-0.2, 0) is 65.4 Å². The maximum absolute atomic E-state index is 14.9. The van der Waals surface area contributed by atoms with E-state index < -0.39 is 101 Å². The smallest absolute Gasteiger partial charge is 0.438 e. The molecule has 3 rings (SSSR count). The van der Waals surface area contributed by atoms with Crippen LogP contribution >= 0.6 is 15.6 Å². The Morgan fingerprint density at radius 1 is 0.517 bits per heavy atom. The molecule has 0 aliphatic heterocycles. The van der Waals surface area contributed by atoms with Crippen molar-refractivity contribution in [2.75, 3.05) is 92.2 Å². The van der Waals surface area contributed by atoms with E-state index in [1.54, 1.807) is 0 Å². The standard InChI is InChI=1S/C34H46N4O18P2/c1-21(39)47-17-51-57(45,52-18-48-22(2)40)55-27-11-9-25(35-13-15-37(5)6)29-31(27)33(43)30-26(36-14-16-38(7)8)10-12-28(32(30)34(29)44)56-58(46,53-19-49-23(3)41)54-20-50-24(4)42/h9-12,35-36H,13-20H2,1-8H3. The van der Waals surface area contributed by atoms with Crippen molar-refractivity contribution in [1.29, 1.82) is 0 Å². The number of hydrogen-bond acceptors (Lipinski definition) is 22. The Morgan fingerprint density at radius 2 is 0.810 bits per heavy atom. The normalized spacial score (nSPS) is 12.4. The van der Waals surface area contributed by atoms with Crippen molar-refractivity contribution in [2.24, 2.45) is 0 Å². The van der Waals surface area contributed by atoms with Crippen LogP contribution < -0.4 is 19.7 Å². The van der Waals surface area contributed by atoms with E-state index in [-0.39, 0.29) is 35.6 Å². The van der Waals surface area contributed by atoms with Crippen molar-refractivity contribution in [3.05, 3.63) is 46.5 Å². The Hall–Kier alpha value is -4.92. The van der Waals surface area contributed by atoms with Crippen LogP contribution in [0.15, 0.2) is 24.3 Å². The maximum atomic E-state index is 14.9. The number of esters is 4. The highest BCUT2D eigenvalue weighted by Crippen LogP contribution is 2.55. The van der Waals surface area contributed by atoms with Crippen LogP contribution in [-0.4, -0.2) is 127 Å². The Kier molecular flexibility index (Phi) is 17.8. The zero-order valence-corrected chi connectivity index (χ0v) is 34.9. The van der Waals surface area contributed by atoms with Crippen LogP contribution in [0.25, 0.3) is 0 Å². The van der Waals surface area contributed by atoms with Gasteiger partial charge in [-0.05, 0) is 52.5 Å². The second-order valence-corrected chi connectivity index (χ2v) is 15.6. The summed E-state index contributed by atoms with van der Waals surface area (Å²) in [4.78, 5) is 79.2. The third-order valence-corrected chi connectivity index (χ3v) is 9.83. The fraction of sp³-hybridized carbons (Fsp3) is 0.471. The molecule has 2 aromatic carbocycles. The molecule has 0 heterocycles. The lowest BCUT2D eigenvalue weighted by Crippen LogP contribution is -2.28. The summed E-state index contributed by atoms with van der Waals surface area (Å²) in [5.74, 6) is -6.10. The molecule has 1 aliphatic carbocycles. The average molecular weight is 861 g/mol. The minimum absolute atomic E-state index is 0.0991. The largest absolute Gasteiger partial charge is 0.535 e. The molecule has 0 radical (unpaired) electrons. The number of nitrogens with one attached hydrogen (secondary N) is 2. The Balaban J connectivity index is 2.29. The summed E-state index contributed by atoms with van der Waals surface area (Å²) in [6.07, 6.45) is 0. The predicted octanol–water partition coefficient (Wildman–Crippen LogP) is 3.53. The van der Waals surface area contributed by atoms with E-state index in [2.05, 4.69) is 10.6 Å². The van der Waals surface area contributed by atoms with Crippen molar-refractivity contribution in [2.45, 2.75) is 27.7 Å². The number of anilines is 2. The topological polar surface area (TPSA) is 259 Å². The molecule has 0 atom stereocenters. The third-order valence-electron chi connectivity index (χ3n) is 7.30. The summed E-state index contributed by atoms with van der Waals surface area (Å²) in [7, 11) is -2.62. The molecule has 0 aromatic heterocycles. The van der Waals surface area contributed by atoms with Crippen LogP contribution in [0.4, 0.5) is 11.4 Å². The fourth-order valence-corrected chi connectivity index (χ4v) is 6.60. The molecule has 320 valence electrons. The molecule has 0 saturated carbocycles. The number of nitrogens with zero attached hydrogens (tertiary/aromatic N) is 2. The van der Waals surface area contributed by atoms with Gasteiger partial charge in [-0.2, -0.15) is 0 Å². The van der Waals surface area contributed by atoms with E-state index in [0.29, 0.717) is 13.1 Å². The quantitative estimate of drug-likeness (QED) is 0.0565. The Labute approximate surface area is 333 Å². The van der Waals surface area contributed by atoms with Crippen LogP contribution in [0.2, 0.25) is 0 Å². The molecule has 0 bridgehead atoms. The van der Waals surface area contributed by atoms with E-state index in [1.165, 1.54) is 24.3 Å². The zero-order chi connectivity index (χ0) is 43.2. The number of fused-ring (bicyclic) bond motifs is 2. The van der Waals surface area contributed by atoms with Crippen molar-refractivity contribution in [3.63, 3.8) is 0 Å². The third kappa shape index (κ3) is 14.2. The number of likely N-dealkylation sites (N-methyl/N-ethyl adjacent to an activating group) is 2. The molecular weight excluding hydrogens is 814 g/mol. The molecule has 0 unspecified atom stereocenters. The predicted molar refractivity (Wildman–Crippen MR) is 201 cm³/mol. The highest BCUT2D eigenvalue weighted by molar-refractivity contribution is 7.49. The van der Waals surface area contributed by atoms with Gasteiger partial charge in [0, 0.05) is 65.2 Å². The molecular formula is C34H46N4O18P2. The van der Waals surface area contributed by atoms with Gasteiger partial charge in [0.05, 0.1) is 22.3 Å². The molecule has 2 aromatic rings. The van der Waals surface area contributed by atoms with Gasteiger partial charge in [-0.15, -0.1) is 0 Å². The summed E-state index contributed by atoms with van der Waals surface area (Å²) in [6.45, 7) is 1.83. The van der Waals surface area contributed by atoms with Crippen LogP contribution in [0, 0.1) is 0 Å². The van der Waals surface area contributed by atoms with Gasteiger partial charge in [-0.1, -0.05) is 0 Å². The monoisotopic (exact) mass is 860 g/mol. The Morgan fingerprint density at radius 3 is 1.07 bits per heavy atom. The first-order chi connectivity index (χ1) is 27.3. The molecule has 2 N–H and O–H groups in total. The number of hydrogen-bond donors (Lipinski definition) is 2. The second kappa shape index (κ2) is 21.7. The van der Waals surface area contributed by atoms with Crippen LogP contribution in [0.3, 0.4) is 0 Å². The molecule has 0 saturated heterocycles. The summed E-state index contributed by atoms with van der Waals surface area (Å²) >= 11 is 0. The van der Waals surface area contributed by atoms with Crippen molar-refractivity contribution in [3.8, 4) is 11.5 Å². The molecule has 58 heavy (non-hydrogen) atoms. The molecule has 22 nitrogen and oxygen atoms in total. The number of ether oxygens (including phenoxy) is 4. The van der Waals surface area contributed by atoms with E-state index >= 15 is 0 Å². The van der Waals surface area contributed by atoms with Gasteiger partial charge in [-0.3, -0.25) is 28.8 Å². The van der Waals surface area contributed by atoms with Crippen molar-refractivity contribution >= 4 is 62.5 Å². The van der Waals surface area contributed by atoms with E-state index in [4.69, 9.17) is 46.1 Å². The number of carbonyl (C=O) groups excluding carboxylic acids is 6. The minimum Gasteiger partial charge on any atom is -0.438 e. The van der Waals surface area contributed by atoms with Crippen LogP contribution in [0.1, 0.15) is 59.5 Å². The molecule has 24 heteroatoms. The van der Waals surface area contributed by atoms with Crippen LogP contribution in [0.5, 0.6) is 11.5 Å². The average Bonchev–Trinajstić information content (AvgIpc) is 3.10. The number of phosphoric acid groups is 2. The number of benzene rings is 2. The maximum Gasteiger partial charge on any atom is 0.535 e. The SMILES string of the molecule is CC(=O)OCOP(=O)(OCOC(C)=O)Oc1ccc(NCCN(C)C)c2c1C(=O)c1c(NCCN(C)C)ccc(OP(=O)(OCOC(C)=O)OCOC(C)=O)c1C2=O. The number of carbonyl (C=O) groups is 6. The van der Waals surface area contributed by atoms with Gasteiger partial charge in [-0.25, -0.2) is 27.2 Å². The van der Waals surface area contributed by atoms with E-state index in [1.807, 2.05) is 38.0 Å². The number of ketones is 2. The van der Waals surface area contributed by atoms with Gasteiger partial charge >= 0.3 is 39.5 Å². The van der Waals surface area contributed by atoms with Gasteiger partial charge in [0.25, 0.3) is 0 Å². The van der Waals surface area contributed by atoms with Gasteiger partial charge in [0.1, 0.15) is 11.5 Å². The Bertz CT molecular complexity index is 1770. The van der Waals surface area contributed by atoms with Gasteiger partial charge in [0.15, 0.2) is 0 Å². The van der Waals surface area contributed by atoms with E-state index in [9.17, 15) is 37.9 Å². The summed E-state index contributed by atoms with van der Waals surface area (Å²) in [6, 6.07) is 5.11. The van der Waals surface area contributed by atoms with E-state index in [0.717, 1.165) is 27.7 Å². The lowest BCUT2D eigenvalue weighted by atomic mass is 9.81. The van der Waals surface area contributed by atoms with Gasteiger partial charge in [0.2, 0.25) is 38.7 Å². The molecule has 1 aliphatic rings. The molecule has 0 amide bonds. The minimum atomic E-state index is -4.93. The zero-order valence-electron chi connectivity index (χ0n) is 33.1. The number of rotatable bonds is 24. The lowest BCUT2D eigenvalue weighted by Gasteiger charge is -2.28. The summed E-state index contributed by atoms with van der Waals surface area (Å²) in [5, 5.41) is 6.19.